The molecule has 8 heteroatoms. The smallest absolute Gasteiger partial charge is 0.291 e. The van der Waals surface area contributed by atoms with Gasteiger partial charge in [-0.3, -0.25) is 19.4 Å². The number of anilines is 1. The predicted octanol–water partition coefficient (Wildman–Crippen LogP) is 3.21. The Hall–Kier alpha value is -1.41. The van der Waals surface area contributed by atoms with Crippen LogP contribution in [0.15, 0.2) is 22.7 Å². The molecule has 4 nitrogen and oxygen atoms in total. The molecule has 2 heterocycles. The van der Waals surface area contributed by atoms with Gasteiger partial charge in [-0.05, 0) is 37.6 Å². The maximum atomic E-state index is 12.9. The number of hydrogen-bond donors (Lipinski definition) is 0. The molecule has 2 aliphatic heterocycles. The Balaban J connectivity index is 1.79. The van der Waals surface area contributed by atoms with Crippen LogP contribution in [0.5, 0.6) is 0 Å². The van der Waals surface area contributed by atoms with E-state index in [1.165, 1.54) is 4.90 Å². The van der Waals surface area contributed by atoms with Gasteiger partial charge in [-0.25, -0.2) is 0 Å². The fraction of sp³-hybridized carbons (Fsp3) is 0.467. The van der Waals surface area contributed by atoms with Crippen molar-refractivity contribution < 1.29 is 22.8 Å². The number of likely N-dealkylation sites (tertiary alicyclic amines) is 1. The topological polar surface area (TPSA) is 40.6 Å². The zero-order valence-corrected chi connectivity index (χ0v) is 13.7. The molecule has 1 fully saturated rings. The molecule has 1 saturated heterocycles. The first kappa shape index (κ1) is 16.4. The van der Waals surface area contributed by atoms with Crippen molar-refractivity contribution in [3.8, 4) is 0 Å². The van der Waals surface area contributed by atoms with Crippen LogP contribution in [0.25, 0.3) is 0 Å². The fourth-order valence-corrected chi connectivity index (χ4v) is 3.41. The van der Waals surface area contributed by atoms with Crippen molar-refractivity contribution in [1.82, 2.24) is 4.90 Å². The third-order valence-corrected chi connectivity index (χ3v) is 4.74. The van der Waals surface area contributed by atoms with Gasteiger partial charge in [0.1, 0.15) is 0 Å². The van der Waals surface area contributed by atoms with Gasteiger partial charge >= 0.3 is 12.1 Å². The van der Waals surface area contributed by atoms with Crippen molar-refractivity contribution in [2.24, 2.45) is 5.92 Å². The normalized spacial score (nSPS) is 22.6. The van der Waals surface area contributed by atoms with E-state index in [0.29, 0.717) is 28.7 Å². The molecule has 3 rings (SSSR count). The Bertz CT molecular complexity index is 663. The molecule has 0 radical (unpaired) electrons. The molecular weight excluding hydrogens is 377 g/mol. The van der Waals surface area contributed by atoms with Crippen molar-refractivity contribution in [1.29, 1.82) is 0 Å². The van der Waals surface area contributed by atoms with Crippen molar-refractivity contribution >= 4 is 33.3 Å². The molecular formula is C15H14BrF3N2O2. The number of carbonyl (C=O) groups excluding carboxylic acids is 2. The van der Waals surface area contributed by atoms with Crippen LogP contribution in [0.3, 0.4) is 0 Å². The average molecular weight is 391 g/mol. The second-order valence-electron chi connectivity index (χ2n) is 5.82. The Labute approximate surface area is 139 Å². The lowest BCUT2D eigenvalue weighted by atomic mass is 9.98. The molecule has 1 aromatic rings. The van der Waals surface area contributed by atoms with Crippen LogP contribution in [-0.4, -0.2) is 42.5 Å². The van der Waals surface area contributed by atoms with Crippen molar-refractivity contribution in [2.45, 2.75) is 19.0 Å². The number of rotatable bonds is 2. The summed E-state index contributed by atoms with van der Waals surface area (Å²) in [6.07, 6.45) is -3.70. The summed E-state index contributed by atoms with van der Waals surface area (Å²) in [4.78, 5) is 27.0. The Morgan fingerprint density at radius 1 is 1.26 bits per heavy atom. The summed E-state index contributed by atoms with van der Waals surface area (Å²) in [5.74, 6) is -2.68. The standard InChI is InChI=1S/C15H14BrF3N2O2/c16-10-3-4-11-12(6-10)21(14(23)13(11)22)8-20-5-1-2-9(7-20)15(17,18)19/h3-4,6,9H,1-2,5,7-8H2/t9-/m1/s1. The highest BCUT2D eigenvalue weighted by molar-refractivity contribution is 9.10. The number of amides is 1. The molecule has 0 N–H and O–H groups in total. The summed E-state index contributed by atoms with van der Waals surface area (Å²) in [6, 6.07) is 4.85. The SMILES string of the molecule is O=C1C(=O)N(CN2CCC[C@@H](C(F)(F)F)C2)c2cc(Br)ccc21. The molecule has 0 aromatic heterocycles. The molecule has 2 aliphatic rings. The molecule has 1 atom stereocenters. The number of halogens is 4. The van der Waals surface area contributed by atoms with Crippen molar-refractivity contribution in [3.05, 3.63) is 28.2 Å². The fourth-order valence-electron chi connectivity index (χ4n) is 3.06. The zero-order chi connectivity index (χ0) is 16.8. The summed E-state index contributed by atoms with van der Waals surface area (Å²) in [5.41, 5.74) is 0.742. The third-order valence-electron chi connectivity index (χ3n) is 4.24. The highest BCUT2D eigenvalue weighted by atomic mass is 79.9. The number of nitrogens with zero attached hydrogens (tertiary/aromatic N) is 2. The van der Waals surface area contributed by atoms with Crippen LogP contribution >= 0.6 is 15.9 Å². The van der Waals surface area contributed by atoms with Gasteiger partial charge in [0.25, 0.3) is 5.78 Å². The highest BCUT2D eigenvalue weighted by Gasteiger charge is 2.43. The molecule has 0 aliphatic carbocycles. The summed E-state index contributed by atoms with van der Waals surface area (Å²) in [6.45, 7) is 0.333. The number of alkyl halides is 3. The molecule has 124 valence electrons. The third kappa shape index (κ3) is 3.14. The van der Waals surface area contributed by atoms with E-state index in [1.807, 2.05) is 0 Å². The van der Waals surface area contributed by atoms with Crippen LogP contribution in [0.2, 0.25) is 0 Å². The van der Waals surface area contributed by atoms with Gasteiger partial charge in [0.15, 0.2) is 0 Å². The number of fused-ring (bicyclic) bond motifs is 1. The monoisotopic (exact) mass is 390 g/mol. The molecule has 1 amide bonds. The number of ketones is 1. The van der Waals surface area contributed by atoms with E-state index in [1.54, 1.807) is 23.1 Å². The van der Waals surface area contributed by atoms with Gasteiger partial charge in [0, 0.05) is 11.0 Å². The van der Waals surface area contributed by atoms with Gasteiger partial charge in [-0.1, -0.05) is 15.9 Å². The van der Waals surface area contributed by atoms with E-state index in [2.05, 4.69) is 15.9 Å². The second kappa shape index (κ2) is 5.90. The molecule has 0 saturated carbocycles. The number of piperidine rings is 1. The quantitative estimate of drug-likeness (QED) is 0.728. The lowest BCUT2D eigenvalue weighted by Crippen LogP contribution is -2.48. The second-order valence-corrected chi connectivity index (χ2v) is 6.74. The minimum absolute atomic E-state index is 0.000602. The van der Waals surface area contributed by atoms with Gasteiger partial charge in [0.2, 0.25) is 0 Å². The minimum Gasteiger partial charge on any atom is -0.291 e. The first-order valence-electron chi connectivity index (χ1n) is 7.22. The summed E-state index contributed by atoms with van der Waals surface area (Å²) >= 11 is 3.28. The maximum Gasteiger partial charge on any atom is 0.393 e. The van der Waals surface area contributed by atoms with Crippen molar-refractivity contribution in [2.75, 3.05) is 24.7 Å². The minimum atomic E-state index is -4.23. The van der Waals surface area contributed by atoms with Crippen LogP contribution < -0.4 is 4.90 Å². The largest absolute Gasteiger partial charge is 0.393 e. The Morgan fingerprint density at radius 2 is 2.00 bits per heavy atom. The molecule has 1 aromatic carbocycles. The van der Waals surface area contributed by atoms with E-state index >= 15 is 0 Å². The zero-order valence-electron chi connectivity index (χ0n) is 12.1. The lowest BCUT2D eigenvalue weighted by Gasteiger charge is -2.35. The molecule has 0 bridgehead atoms. The van der Waals surface area contributed by atoms with Gasteiger partial charge in [-0.2, -0.15) is 13.2 Å². The predicted molar refractivity (Wildman–Crippen MR) is 81.2 cm³/mol. The van der Waals surface area contributed by atoms with Crippen molar-refractivity contribution in [3.63, 3.8) is 0 Å². The number of Topliss-reactive ketones (excluding diaryl/α,β-unsaturated/α-hetero) is 1. The maximum absolute atomic E-state index is 12.9. The summed E-state index contributed by atoms with van der Waals surface area (Å²) in [5, 5.41) is 0. The van der Waals surface area contributed by atoms with Crippen LogP contribution in [0, 0.1) is 5.92 Å². The number of hydrogen-bond acceptors (Lipinski definition) is 3. The van der Waals surface area contributed by atoms with Gasteiger partial charge in [-0.15, -0.1) is 0 Å². The first-order valence-corrected chi connectivity index (χ1v) is 8.01. The van der Waals surface area contributed by atoms with E-state index in [0.717, 1.165) is 0 Å². The average Bonchev–Trinajstić information content (AvgIpc) is 2.71. The lowest BCUT2D eigenvalue weighted by molar-refractivity contribution is -0.186. The molecule has 0 unspecified atom stereocenters. The van der Waals surface area contributed by atoms with E-state index in [-0.39, 0.29) is 19.6 Å². The van der Waals surface area contributed by atoms with E-state index in [4.69, 9.17) is 0 Å². The Morgan fingerprint density at radius 3 is 2.70 bits per heavy atom. The molecule has 23 heavy (non-hydrogen) atoms. The van der Waals surface area contributed by atoms with Crippen LogP contribution in [-0.2, 0) is 4.79 Å². The first-order chi connectivity index (χ1) is 10.8. The van der Waals surface area contributed by atoms with Crippen LogP contribution in [0.1, 0.15) is 23.2 Å². The van der Waals surface area contributed by atoms with Gasteiger partial charge < -0.3 is 0 Å². The number of carbonyl (C=O) groups is 2. The summed E-state index contributed by atoms with van der Waals surface area (Å²) < 4.78 is 39.4. The summed E-state index contributed by atoms with van der Waals surface area (Å²) in [7, 11) is 0. The van der Waals surface area contributed by atoms with Gasteiger partial charge in [0.05, 0.1) is 23.8 Å². The van der Waals surface area contributed by atoms with E-state index < -0.39 is 23.8 Å². The highest BCUT2D eigenvalue weighted by Crippen LogP contribution is 2.35. The molecule has 0 spiro atoms. The number of benzene rings is 1. The van der Waals surface area contributed by atoms with E-state index in [9.17, 15) is 22.8 Å². The Kier molecular flexibility index (Phi) is 4.22. The van der Waals surface area contributed by atoms with Crippen LogP contribution in [0.4, 0.5) is 18.9 Å².